The average Bonchev–Trinajstić information content (AvgIpc) is 1.69. The molecule has 1 heterocycles. The summed E-state index contributed by atoms with van der Waals surface area (Å²) in [5.41, 5.74) is 0. The first-order chi connectivity index (χ1) is 3.39. The molecule has 0 unspecified atom stereocenters. The van der Waals surface area contributed by atoms with Gasteiger partial charge in [-0.05, 0) is 0 Å². The number of hydrogen-bond donors (Lipinski definition) is 0. The van der Waals surface area contributed by atoms with E-state index < -0.39 is 0 Å². The van der Waals surface area contributed by atoms with Crippen LogP contribution >= 0.6 is 0 Å². The van der Waals surface area contributed by atoms with Crippen molar-refractivity contribution in [2.45, 2.75) is 0 Å². The van der Waals surface area contributed by atoms with E-state index >= 15 is 0 Å². The Morgan fingerprint density at radius 1 is 1.43 bits per heavy atom. The predicted molar refractivity (Wildman–Crippen MR) is 29.7 cm³/mol. The van der Waals surface area contributed by atoms with Crippen LogP contribution in [0.4, 0.5) is 0 Å². The van der Waals surface area contributed by atoms with Crippen LogP contribution in [0, 0.1) is 0 Å². The Bertz CT molecular complexity index is 174. The summed E-state index contributed by atoms with van der Waals surface area (Å²) in [4.78, 5) is 12.3. The molecule has 36 valence electrons. The zero-order valence-corrected chi connectivity index (χ0v) is 5.34. The van der Waals surface area contributed by atoms with Gasteiger partial charge in [-0.25, -0.2) is 0 Å². The fourth-order valence-electron chi connectivity index (χ4n) is 0.325. The van der Waals surface area contributed by atoms with Crippen LogP contribution in [-0.4, -0.2) is 14.5 Å². The zero-order chi connectivity index (χ0) is 5.11. The fourth-order valence-corrected chi connectivity index (χ4v) is 1.29. The molecule has 0 aliphatic carbocycles. The van der Waals surface area contributed by atoms with E-state index in [2.05, 4.69) is 0 Å². The molecule has 2 heteroatoms. The quantitative estimate of drug-likeness (QED) is 0.491. The van der Waals surface area contributed by atoms with Gasteiger partial charge < -0.3 is 0 Å². The molecule has 0 amide bonds. The van der Waals surface area contributed by atoms with Gasteiger partial charge in [0.25, 0.3) is 0 Å². The molecule has 7 heavy (non-hydrogen) atoms. The SMILES string of the molecule is O=c1cccc[se]1. The normalized spacial score (nSPS) is 8.57. The molecule has 0 N–H and O–H groups in total. The summed E-state index contributed by atoms with van der Waals surface area (Å²) in [6.45, 7) is 0. The fraction of sp³-hybridized carbons (Fsp3) is 0. The molecule has 0 aromatic carbocycles. The van der Waals surface area contributed by atoms with Gasteiger partial charge in [-0.3, -0.25) is 0 Å². The molecule has 0 fully saturated rings. The molecule has 0 saturated heterocycles. The van der Waals surface area contributed by atoms with Crippen LogP contribution in [0.5, 0.6) is 0 Å². The summed E-state index contributed by atoms with van der Waals surface area (Å²) in [6.07, 6.45) is 0. The van der Waals surface area contributed by atoms with Crippen LogP contribution in [0.3, 0.4) is 0 Å². The van der Waals surface area contributed by atoms with Crippen LogP contribution in [0.15, 0.2) is 27.9 Å². The first kappa shape index (κ1) is 4.82. The van der Waals surface area contributed by atoms with Gasteiger partial charge in [0.15, 0.2) is 0 Å². The van der Waals surface area contributed by atoms with Gasteiger partial charge in [0.1, 0.15) is 0 Å². The molecule has 0 atom stereocenters. The van der Waals surface area contributed by atoms with Gasteiger partial charge in [-0.15, -0.1) is 0 Å². The molecule has 1 rings (SSSR count). The Balaban J connectivity index is 3.28. The van der Waals surface area contributed by atoms with Crippen molar-refractivity contribution in [2.24, 2.45) is 0 Å². The molecular weight excluding hydrogens is 155 g/mol. The van der Waals surface area contributed by atoms with Crippen molar-refractivity contribution in [1.29, 1.82) is 0 Å². The van der Waals surface area contributed by atoms with Gasteiger partial charge in [0.2, 0.25) is 0 Å². The molecule has 1 nitrogen and oxygen atoms in total. The molecule has 0 radical (unpaired) electrons. The van der Waals surface area contributed by atoms with E-state index in [0.717, 1.165) is 0 Å². The van der Waals surface area contributed by atoms with Crippen LogP contribution in [-0.2, 0) is 0 Å². The van der Waals surface area contributed by atoms with Crippen molar-refractivity contribution in [2.75, 3.05) is 0 Å². The average molecular weight is 159 g/mol. The van der Waals surface area contributed by atoms with Crippen LogP contribution in [0.1, 0.15) is 0 Å². The van der Waals surface area contributed by atoms with Crippen LogP contribution in [0.25, 0.3) is 0 Å². The Morgan fingerprint density at radius 3 is 2.57 bits per heavy atom. The van der Waals surface area contributed by atoms with Crippen LogP contribution < -0.4 is 4.30 Å². The first-order valence-corrected chi connectivity index (χ1v) is 3.78. The van der Waals surface area contributed by atoms with Crippen LogP contribution in [0.2, 0.25) is 0 Å². The summed E-state index contributed by atoms with van der Waals surface area (Å²) >= 11 is 0.106. The van der Waals surface area contributed by atoms with Crippen molar-refractivity contribution in [3.63, 3.8) is 0 Å². The molecule has 0 aliphatic heterocycles. The van der Waals surface area contributed by atoms with E-state index in [-0.39, 0.29) is 18.8 Å². The number of rotatable bonds is 0. The van der Waals surface area contributed by atoms with E-state index in [1.165, 1.54) is 0 Å². The monoisotopic (exact) mass is 160 g/mol. The van der Waals surface area contributed by atoms with E-state index in [0.29, 0.717) is 0 Å². The van der Waals surface area contributed by atoms with E-state index in [1.807, 2.05) is 11.0 Å². The molecular formula is C5H4OSe. The van der Waals surface area contributed by atoms with Crippen molar-refractivity contribution >= 4 is 14.5 Å². The second-order valence-electron chi connectivity index (χ2n) is 1.12. The third-order valence-electron chi connectivity index (χ3n) is 0.606. The van der Waals surface area contributed by atoms with Crippen molar-refractivity contribution in [1.82, 2.24) is 0 Å². The van der Waals surface area contributed by atoms with E-state index in [4.69, 9.17) is 0 Å². The van der Waals surface area contributed by atoms with E-state index in [1.54, 1.807) is 12.1 Å². The minimum absolute atomic E-state index is 0.106. The van der Waals surface area contributed by atoms with Gasteiger partial charge in [-0.2, -0.15) is 0 Å². The third-order valence-corrected chi connectivity index (χ3v) is 1.99. The molecule has 0 spiro atoms. The standard InChI is InChI=1S/C5H4OSe/c6-5-3-1-2-4-7-5/h1-4H. The Morgan fingerprint density at radius 2 is 2.29 bits per heavy atom. The second-order valence-corrected chi connectivity index (χ2v) is 3.03. The number of hydrogen-bond acceptors (Lipinski definition) is 1. The van der Waals surface area contributed by atoms with Crippen molar-refractivity contribution in [3.8, 4) is 0 Å². The molecule has 1 aromatic heterocycles. The van der Waals surface area contributed by atoms with Gasteiger partial charge >= 0.3 is 46.7 Å². The summed E-state index contributed by atoms with van der Waals surface area (Å²) in [5, 5.41) is 0. The summed E-state index contributed by atoms with van der Waals surface area (Å²) in [7, 11) is 0. The van der Waals surface area contributed by atoms with Gasteiger partial charge in [0, 0.05) is 0 Å². The zero-order valence-electron chi connectivity index (χ0n) is 3.63. The molecule has 1 aromatic rings. The topological polar surface area (TPSA) is 17.1 Å². The Kier molecular flexibility index (Phi) is 1.45. The van der Waals surface area contributed by atoms with Gasteiger partial charge in [0.05, 0.1) is 0 Å². The Hall–Kier alpha value is -0.331. The second kappa shape index (κ2) is 2.10. The van der Waals surface area contributed by atoms with Crippen molar-refractivity contribution in [3.05, 3.63) is 32.2 Å². The van der Waals surface area contributed by atoms with Gasteiger partial charge in [-0.1, -0.05) is 0 Å². The summed E-state index contributed by atoms with van der Waals surface area (Å²) in [6, 6.07) is 5.29. The summed E-state index contributed by atoms with van der Waals surface area (Å²) in [5.74, 6) is 0. The maximum atomic E-state index is 10.4. The van der Waals surface area contributed by atoms with E-state index in [9.17, 15) is 4.79 Å². The maximum absolute atomic E-state index is 10.4. The minimum atomic E-state index is 0.106. The molecule has 0 saturated carbocycles. The predicted octanol–water partition coefficient (Wildman–Crippen LogP) is 0.104. The Labute approximate surface area is 47.4 Å². The first-order valence-electron chi connectivity index (χ1n) is 1.93. The molecule has 0 bridgehead atoms. The third kappa shape index (κ3) is 1.30. The summed E-state index contributed by atoms with van der Waals surface area (Å²) < 4.78 is 0.259. The van der Waals surface area contributed by atoms with Crippen molar-refractivity contribution < 1.29 is 0 Å². The molecule has 0 aliphatic rings.